The summed E-state index contributed by atoms with van der Waals surface area (Å²) in [6, 6.07) is 18.9. The molecular weight excluding hydrogens is 388 g/mol. The van der Waals surface area contributed by atoms with Gasteiger partial charge in [-0.1, -0.05) is 36.4 Å². The van der Waals surface area contributed by atoms with Crippen LogP contribution >= 0.6 is 22.7 Å². The highest BCUT2D eigenvalue weighted by molar-refractivity contribution is 7.21. The predicted molar refractivity (Wildman–Crippen MR) is 115 cm³/mol. The molecule has 28 heavy (non-hydrogen) atoms. The molecule has 0 aliphatic rings. The van der Waals surface area contributed by atoms with Crippen LogP contribution in [-0.2, 0) is 0 Å². The van der Waals surface area contributed by atoms with Crippen molar-refractivity contribution in [1.29, 1.82) is 0 Å². The van der Waals surface area contributed by atoms with E-state index in [0.717, 1.165) is 26.4 Å². The smallest absolute Gasteiger partial charge is 0.205 e. The van der Waals surface area contributed by atoms with Crippen molar-refractivity contribution in [1.82, 2.24) is 4.98 Å². The van der Waals surface area contributed by atoms with Gasteiger partial charge in [0.05, 0.1) is 12.0 Å². The molecule has 0 bridgehead atoms. The molecule has 0 fully saturated rings. The Hall–Kier alpha value is -3.22. The molecule has 6 heteroatoms. The number of ketones is 1. The maximum absolute atomic E-state index is 13.0. The molecule has 4 nitrogen and oxygen atoms in total. The third kappa shape index (κ3) is 2.74. The summed E-state index contributed by atoms with van der Waals surface area (Å²) in [7, 11) is 0. The van der Waals surface area contributed by atoms with Crippen molar-refractivity contribution >= 4 is 44.4 Å². The normalized spacial score (nSPS) is 11.1. The number of pyridine rings is 1. The second-order valence-corrected chi connectivity index (χ2v) is 8.18. The largest absolute Gasteiger partial charge is 0.463 e. The van der Waals surface area contributed by atoms with E-state index in [9.17, 15) is 4.79 Å². The van der Waals surface area contributed by atoms with Gasteiger partial charge in [-0.05, 0) is 29.6 Å². The highest BCUT2D eigenvalue weighted by Crippen LogP contribution is 2.43. The number of hydrogen-bond acceptors (Lipinski definition) is 6. The quantitative estimate of drug-likeness (QED) is 0.369. The van der Waals surface area contributed by atoms with Gasteiger partial charge in [-0.3, -0.25) is 4.79 Å². The van der Waals surface area contributed by atoms with Crippen LogP contribution in [0.25, 0.3) is 32.1 Å². The van der Waals surface area contributed by atoms with Gasteiger partial charge >= 0.3 is 0 Å². The SMILES string of the molecule is Nc1c(C(=O)c2ccccc2)sc2nc(-c3ccco3)cc(-c3cccs3)c12. The molecule has 0 saturated carbocycles. The lowest BCUT2D eigenvalue weighted by Crippen LogP contribution is -2.01. The van der Waals surface area contributed by atoms with Crippen LogP contribution in [0, 0.1) is 0 Å². The molecule has 4 heterocycles. The Morgan fingerprint density at radius 2 is 1.89 bits per heavy atom. The lowest BCUT2D eigenvalue weighted by molar-refractivity contribution is 0.104. The first-order valence-corrected chi connectivity index (χ1v) is 10.3. The van der Waals surface area contributed by atoms with Crippen molar-refractivity contribution in [3.05, 3.63) is 82.7 Å². The summed E-state index contributed by atoms with van der Waals surface area (Å²) in [5, 5.41) is 2.84. The van der Waals surface area contributed by atoms with Crippen LogP contribution in [-0.4, -0.2) is 10.8 Å². The number of fused-ring (bicyclic) bond motifs is 1. The first-order valence-electron chi connectivity index (χ1n) is 8.63. The number of carbonyl (C=O) groups excluding carboxylic acids is 1. The molecule has 5 aromatic rings. The molecule has 0 amide bonds. The Bertz CT molecular complexity index is 1270. The van der Waals surface area contributed by atoms with Crippen molar-refractivity contribution in [2.45, 2.75) is 0 Å². The second-order valence-electron chi connectivity index (χ2n) is 6.23. The summed E-state index contributed by atoms with van der Waals surface area (Å²) in [5.41, 5.74) is 9.27. The summed E-state index contributed by atoms with van der Waals surface area (Å²) in [4.78, 5) is 20.1. The van der Waals surface area contributed by atoms with Crippen LogP contribution < -0.4 is 5.73 Å². The number of nitrogens with two attached hydrogens (primary N) is 1. The van der Waals surface area contributed by atoms with E-state index in [1.807, 2.05) is 53.9 Å². The lowest BCUT2D eigenvalue weighted by atomic mass is 10.0. The standard InChI is InChI=1S/C22H14N2O2S2/c23-19-18-14(17-9-5-11-27-17)12-15(16-8-4-10-26-16)24-22(18)28-21(19)20(25)13-6-2-1-3-7-13/h1-12H,23H2. The number of benzene rings is 1. The second kappa shape index (κ2) is 6.74. The molecule has 0 aliphatic carbocycles. The van der Waals surface area contributed by atoms with Crippen LogP contribution in [0.2, 0.25) is 0 Å². The highest BCUT2D eigenvalue weighted by atomic mass is 32.1. The van der Waals surface area contributed by atoms with Crippen LogP contribution in [0.4, 0.5) is 5.69 Å². The molecule has 4 aromatic heterocycles. The first kappa shape index (κ1) is 16.9. The average molecular weight is 403 g/mol. The number of thiophene rings is 2. The zero-order chi connectivity index (χ0) is 19.1. The van der Waals surface area contributed by atoms with Gasteiger partial charge in [0.1, 0.15) is 15.4 Å². The molecule has 0 radical (unpaired) electrons. The topological polar surface area (TPSA) is 69.1 Å². The van der Waals surface area contributed by atoms with Gasteiger partial charge in [0.25, 0.3) is 0 Å². The maximum Gasteiger partial charge on any atom is 0.205 e. The summed E-state index contributed by atoms with van der Waals surface area (Å²) < 4.78 is 5.54. The minimum Gasteiger partial charge on any atom is -0.463 e. The van der Waals surface area contributed by atoms with E-state index in [4.69, 9.17) is 15.1 Å². The van der Waals surface area contributed by atoms with Crippen molar-refractivity contribution in [3.8, 4) is 21.9 Å². The molecule has 1 aromatic carbocycles. The number of furan rings is 1. The number of anilines is 1. The zero-order valence-electron chi connectivity index (χ0n) is 14.6. The maximum atomic E-state index is 13.0. The number of nitrogens with zero attached hydrogens (tertiary/aromatic N) is 1. The number of hydrogen-bond donors (Lipinski definition) is 1. The molecule has 0 spiro atoms. The minimum absolute atomic E-state index is 0.0854. The molecule has 2 N–H and O–H groups in total. The Morgan fingerprint density at radius 1 is 1.04 bits per heavy atom. The number of nitrogen functional groups attached to an aromatic ring is 1. The molecule has 0 saturated heterocycles. The van der Waals surface area contributed by atoms with Crippen LogP contribution in [0.1, 0.15) is 15.2 Å². The van der Waals surface area contributed by atoms with Crippen molar-refractivity contribution in [2.75, 3.05) is 5.73 Å². The number of aromatic nitrogens is 1. The van der Waals surface area contributed by atoms with E-state index in [2.05, 4.69) is 0 Å². The fraction of sp³-hybridized carbons (Fsp3) is 0. The average Bonchev–Trinajstić information content (AvgIpc) is 3.49. The van der Waals surface area contributed by atoms with Gasteiger partial charge in [0.15, 0.2) is 5.76 Å². The fourth-order valence-corrected chi connectivity index (χ4v) is 5.02. The van der Waals surface area contributed by atoms with Crippen LogP contribution in [0.5, 0.6) is 0 Å². The Labute approximate surface area is 168 Å². The monoisotopic (exact) mass is 402 g/mol. The van der Waals surface area contributed by atoms with Gasteiger partial charge in [-0.2, -0.15) is 0 Å². The van der Waals surface area contributed by atoms with E-state index in [1.54, 1.807) is 29.7 Å². The summed E-state index contributed by atoms with van der Waals surface area (Å²) in [6.07, 6.45) is 1.62. The van der Waals surface area contributed by atoms with E-state index in [1.165, 1.54) is 11.3 Å². The van der Waals surface area contributed by atoms with Crippen LogP contribution in [0.3, 0.4) is 0 Å². The Balaban J connectivity index is 1.77. The predicted octanol–water partition coefficient (Wildman–Crippen LogP) is 6.10. The molecule has 5 rings (SSSR count). The molecule has 0 atom stereocenters. The highest BCUT2D eigenvalue weighted by Gasteiger charge is 2.23. The molecule has 0 unspecified atom stereocenters. The van der Waals surface area contributed by atoms with Crippen LogP contribution in [0.15, 0.2) is 76.7 Å². The third-order valence-electron chi connectivity index (χ3n) is 4.50. The van der Waals surface area contributed by atoms with Crippen molar-refractivity contribution in [2.24, 2.45) is 0 Å². The van der Waals surface area contributed by atoms with E-state index in [0.29, 0.717) is 21.9 Å². The van der Waals surface area contributed by atoms with Gasteiger partial charge in [-0.25, -0.2) is 4.98 Å². The summed E-state index contributed by atoms with van der Waals surface area (Å²) in [6.45, 7) is 0. The van der Waals surface area contributed by atoms with Crippen molar-refractivity contribution in [3.63, 3.8) is 0 Å². The van der Waals surface area contributed by atoms with E-state index in [-0.39, 0.29) is 5.78 Å². The molecular formula is C22H14N2O2S2. The minimum atomic E-state index is -0.0854. The first-order chi connectivity index (χ1) is 13.7. The number of carbonyl (C=O) groups is 1. The lowest BCUT2D eigenvalue weighted by Gasteiger charge is -2.05. The zero-order valence-corrected chi connectivity index (χ0v) is 16.2. The van der Waals surface area contributed by atoms with Gasteiger partial charge in [-0.15, -0.1) is 22.7 Å². The van der Waals surface area contributed by atoms with Gasteiger partial charge < -0.3 is 10.2 Å². The van der Waals surface area contributed by atoms with Gasteiger partial charge in [0, 0.05) is 21.4 Å². The molecule has 136 valence electrons. The van der Waals surface area contributed by atoms with Gasteiger partial charge in [0.2, 0.25) is 5.78 Å². The molecule has 0 aliphatic heterocycles. The summed E-state index contributed by atoms with van der Waals surface area (Å²) >= 11 is 2.95. The van der Waals surface area contributed by atoms with E-state index < -0.39 is 0 Å². The number of rotatable bonds is 4. The van der Waals surface area contributed by atoms with E-state index >= 15 is 0 Å². The third-order valence-corrected chi connectivity index (χ3v) is 6.50. The Kier molecular flexibility index (Phi) is 4.07. The Morgan fingerprint density at radius 3 is 2.61 bits per heavy atom. The summed E-state index contributed by atoms with van der Waals surface area (Å²) in [5.74, 6) is 0.598. The van der Waals surface area contributed by atoms with Crippen molar-refractivity contribution < 1.29 is 9.21 Å². The fourth-order valence-electron chi connectivity index (χ4n) is 3.19.